The fraction of sp³-hybridized carbons (Fsp3) is 0. The quantitative estimate of drug-likeness (QED) is 0.457. The zero-order chi connectivity index (χ0) is 16.8. The van der Waals surface area contributed by atoms with Crippen LogP contribution in [0, 0.1) is 11.6 Å². The third-order valence-electron chi connectivity index (χ3n) is 2.57. The molecule has 0 fully saturated rings. The van der Waals surface area contributed by atoms with Crippen molar-refractivity contribution < 1.29 is 13.6 Å². The summed E-state index contributed by atoms with van der Waals surface area (Å²) in [6.45, 7) is 0. The molecule has 0 saturated carbocycles. The third kappa shape index (κ3) is 5.46. The second-order valence-corrected chi connectivity index (χ2v) is 5.61. The minimum atomic E-state index is -0.798. The number of anilines is 2. The zero-order valence-electron chi connectivity index (χ0n) is 11.5. The third-order valence-corrected chi connectivity index (χ3v) is 3.30. The fourth-order valence-corrected chi connectivity index (χ4v) is 1.98. The summed E-state index contributed by atoms with van der Waals surface area (Å²) in [5.41, 5.74) is 5.24. The van der Waals surface area contributed by atoms with E-state index in [0.717, 1.165) is 16.6 Å². The Morgan fingerprint density at radius 3 is 2.35 bits per heavy atom. The van der Waals surface area contributed by atoms with Gasteiger partial charge in [-0.3, -0.25) is 5.43 Å². The Bertz CT molecular complexity index is 727. The average Bonchev–Trinajstić information content (AvgIpc) is 2.50. The molecule has 0 radical (unpaired) electrons. The molecule has 0 aliphatic heterocycles. The van der Waals surface area contributed by atoms with Gasteiger partial charge in [0.1, 0.15) is 11.6 Å². The van der Waals surface area contributed by atoms with E-state index in [1.54, 1.807) is 24.3 Å². The first-order valence-electron chi connectivity index (χ1n) is 6.28. The molecule has 0 aromatic heterocycles. The van der Waals surface area contributed by atoms with E-state index < -0.39 is 17.7 Å². The number of rotatable bonds is 2. The number of urea groups is 1. The maximum Gasteiger partial charge on any atom is 0.337 e. The van der Waals surface area contributed by atoms with Crippen molar-refractivity contribution in [2.24, 2.45) is 0 Å². The highest BCUT2D eigenvalue weighted by Crippen LogP contribution is 2.15. The summed E-state index contributed by atoms with van der Waals surface area (Å²) in [5.74, 6) is -1.49. The second-order valence-electron chi connectivity index (χ2n) is 4.29. The summed E-state index contributed by atoms with van der Waals surface area (Å²) in [6.07, 6.45) is 0. The van der Waals surface area contributed by atoms with E-state index in [0.29, 0.717) is 5.69 Å². The van der Waals surface area contributed by atoms with Gasteiger partial charge in [-0.25, -0.2) is 19.0 Å². The topological polar surface area (TPSA) is 65.2 Å². The van der Waals surface area contributed by atoms with Gasteiger partial charge in [-0.05, 0) is 48.6 Å². The van der Waals surface area contributed by atoms with Gasteiger partial charge in [0.2, 0.25) is 0 Å². The van der Waals surface area contributed by atoms with Crippen LogP contribution >= 0.6 is 28.1 Å². The van der Waals surface area contributed by atoms with Crippen LogP contribution < -0.4 is 21.5 Å². The van der Waals surface area contributed by atoms with E-state index in [-0.39, 0.29) is 10.8 Å². The molecule has 2 rings (SSSR count). The standard InChI is InChI=1S/C14H11BrF2N4OS/c15-8-1-4-10(5-2-8)18-13(22)20-21-14(23)19-12-6-3-9(16)7-11(12)17/h1-7H,(H2,18,20,22)(H2,19,21,23). The molecule has 2 aromatic carbocycles. The first-order valence-corrected chi connectivity index (χ1v) is 7.49. The molecule has 2 aromatic rings. The van der Waals surface area contributed by atoms with Gasteiger partial charge in [-0.15, -0.1) is 0 Å². The largest absolute Gasteiger partial charge is 0.337 e. The van der Waals surface area contributed by atoms with Gasteiger partial charge in [-0.2, -0.15) is 0 Å². The van der Waals surface area contributed by atoms with E-state index >= 15 is 0 Å². The van der Waals surface area contributed by atoms with Crippen molar-refractivity contribution in [1.29, 1.82) is 0 Å². The lowest BCUT2D eigenvalue weighted by Gasteiger charge is -2.12. The molecule has 0 heterocycles. The number of carbonyl (C=O) groups excluding carboxylic acids is 1. The smallest absolute Gasteiger partial charge is 0.329 e. The van der Waals surface area contributed by atoms with Crippen molar-refractivity contribution in [3.63, 3.8) is 0 Å². The second kappa shape index (κ2) is 7.84. The number of halogens is 3. The zero-order valence-corrected chi connectivity index (χ0v) is 13.9. The first-order chi connectivity index (χ1) is 10.9. The molecule has 0 atom stereocenters. The Balaban J connectivity index is 1.81. The van der Waals surface area contributed by atoms with Crippen LogP contribution in [-0.4, -0.2) is 11.1 Å². The predicted octanol–water partition coefficient (Wildman–Crippen LogP) is 3.75. The van der Waals surface area contributed by atoms with Gasteiger partial charge >= 0.3 is 6.03 Å². The Morgan fingerprint density at radius 2 is 1.70 bits per heavy atom. The van der Waals surface area contributed by atoms with E-state index in [4.69, 9.17) is 12.2 Å². The summed E-state index contributed by atoms with van der Waals surface area (Å²) in [6, 6.07) is 9.39. The van der Waals surface area contributed by atoms with Crippen molar-refractivity contribution in [3.8, 4) is 0 Å². The van der Waals surface area contributed by atoms with Crippen molar-refractivity contribution >= 4 is 50.7 Å². The highest BCUT2D eigenvalue weighted by Gasteiger charge is 2.06. The SMILES string of the molecule is O=C(NNC(=S)Nc1ccc(F)cc1F)Nc1ccc(Br)cc1. The number of nitrogens with one attached hydrogen (secondary N) is 4. The molecule has 0 aliphatic carbocycles. The van der Waals surface area contributed by atoms with Crippen molar-refractivity contribution in [2.45, 2.75) is 0 Å². The van der Waals surface area contributed by atoms with Crippen molar-refractivity contribution in [2.75, 3.05) is 10.6 Å². The molecule has 0 spiro atoms. The van der Waals surface area contributed by atoms with Crippen LogP contribution in [0.4, 0.5) is 25.0 Å². The number of hydrogen-bond donors (Lipinski definition) is 4. The van der Waals surface area contributed by atoms with Crippen LogP contribution in [-0.2, 0) is 0 Å². The molecule has 0 aliphatic rings. The van der Waals surface area contributed by atoms with E-state index in [2.05, 4.69) is 37.4 Å². The molecule has 0 bridgehead atoms. The van der Waals surface area contributed by atoms with Crippen molar-refractivity contribution in [1.82, 2.24) is 10.9 Å². The molecule has 120 valence electrons. The summed E-state index contributed by atoms with van der Waals surface area (Å²) in [7, 11) is 0. The van der Waals surface area contributed by atoms with Gasteiger partial charge < -0.3 is 10.6 Å². The first kappa shape index (κ1) is 17.1. The summed E-state index contributed by atoms with van der Waals surface area (Å²) >= 11 is 8.18. The predicted molar refractivity (Wildman–Crippen MR) is 92.0 cm³/mol. The highest BCUT2D eigenvalue weighted by molar-refractivity contribution is 9.10. The van der Waals surface area contributed by atoms with Gasteiger partial charge in [0, 0.05) is 16.2 Å². The van der Waals surface area contributed by atoms with Crippen LogP contribution in [0.3, 0.4) is 0 Å². The monoisotopic (exact) mass is 400 g/mol. The number of thiocarbonyl (C=S) groups is 1. The summed E-state index contributed by atoms with van der Waals surface area (Å²) in [5, 5.41) is 5.00. The number of hydrazine groups is 1. The minimum absolute atomic E-state index is 0.0148. The van der Waals surface area contributed by atoms with E-state index in [9.17, 15) is 13.6 Å². The maximum absolute atomic E-state index is 13.4. The molecular weight excluding hydrogens is 390 g/mol. The van der Waals surface area contributed by atoms with Crippen LogP contribution in [0.2, 0.25) is 0 Å². The number of amides is 2. The number of carbonyl (C=O) groups is 1. The van der Waals surface area contributed by atoms with Gasteiger partial charge in [0.05, 0.1) is 5.69 Å². The molecule has 5 nitrogen and oxygen atoms in total. The maximum atomic E-state index is 13.4. The fourth-order valence-electron chi connectivity index (χ4n) is 1.55. The summed E-state index contributed by atoms with van der Waals surface area (Å²) in [4.78, 5) is 11.7. The van der Waals surface area contributed by atoms with Crippen LogP contribution in [0.25, 0.3) is 0 Å². The van der Waals surface area contributed by atoms with Crippen molar-refractivity contribution in [3.05, 3.63) is 58.6 Å². The summed E-state index contributed by atoms with van der Waals surface area (Å²) < 4.78 is 27.1. The molecule has 0 unspecified atom stereocenters. The lowest BCUT2D eigenvalue weighted by molar-refractivity contribution is 0.250. The van der Waals surface area contributed by atoms with E-state index in [1.807, 2.05) is 0 Å². The molecule has 4 N–H and O–H groups in total. The van der Waals surface area contributed by atoms with Gasteiger partial charge in [-0.1, -0.05) is 15.9 Å². The minimum Gasteiger partial charge on any atom is -0.329 e. The number of benzene rings is 2. The lowest BCUT2D eigenvalue weighted by Crippen LogP contribution is -2.45. The molecule has 9 heteroatoms. The highest BCUT2D eigenvalue weighted by atomic mass is 79.9. The Labute approximate surface area is 144 Å². The average molecular weight is 401 g/mol. The van der Waals surface area contributed by atoms with Crippen LogP contribution in [0.5, 0.6) is 0 Å². The van der Waals surface area contributed by atoms with Gasteiger partial charge in [0.15, 0.2) is 5.11 Å². The van der Waals surface area contributed by atoms with Crippen LogP contribution in [0.15, 0.2) is 46.9 Å². The van der Waals surface area contributed by atoms with E-state index in [1.165, 1.54) is 6.07 Å². The Hall–Kier alpha value is -2.26. The molecule has 2 amide bonds. The lowest BCUT2D eigenvalue weighted by atomic mass is 10.3. The van der Waals surface area contributed by atoms with Gasteiger partial charge in [0.25, 0.3) is 0 Å². The molecular formula is C14H11BrF2N4OS. The normalized spacial score (nSPS) is 9.87. The Morgan fingerprint density at radius 1 is 1.00 bits per heavy atom. The molecule has 0 saturated heterocycles. The molecule has 23 heavy (non-hydrogen) atoms. The Kier molecular flexibility index (Phi) is 5.83. The number of hydrogen-bond acceptors (Lipinski definition) is 2. The van der Waals surface area contributed by atoms with Crippen LogP contribution in [0.1, 0.15) is 0 Å².